The van der Waals surface area contributed by atoms with Gasteiger partial charge in [0.25, 0.3) is 0 Å². The summed E-state index contributed by atoms with van der Waals surface area (Å²) in [6.07, 6.45) is 5.17. The van der Waals surface area contributed by atoms with Gasteiger partial charge in [-0.3, -0.25) is 24.6 Å². The van der Waals surface area contributed by atoms with Crippen LogP contribution in [0.1, 0.15) is 76.8 Å². The second kappa shape index (κ2) is 7.58. The number of anilines is 1. The van der Waals surface area contributed by atoms with Gasteiger partial charge in [-0.2, -0.15) is 0 Å². The summed E-state index contributed by atoms with van der Waals surface area (Å²) in [5.74, 6) is -0.612. The van der Waals surface area contributed by atoms with Crippen LogP contribution in [0.3, 0.4) is 0 Å². The fraction of sp³-hybridized carbons (Fsp3) is 0.655. The minimum Gasteiger partial charge on any atom is -0.444 e. The highest BCUT2D eigenvalue weighted by Crippen LogP contribution is 2.76. The van der Waals surface area contributed by atoms with Gasteiger partial charge in [0.2, 0.25) is 17.7 Å². The Bertz CT molecular complexity index is 1250. The van der Waals surface area contributed by atoms with E-state index in [9.17, 15) is 19.2 Å². The molecule has 9 heteroatoms. The lowest BCUT2D eigenvalue weighted by Crippen LogP contribution is -2.67. The van der Waals surface area contributed by atoms with Crippen molar-refractivity contribution in [3.63, 3.8) is 0 Å². The Morgan fingerprint density at radius 3 is 2.45 bits per heavy atom. The lowest BCUT2D eigenvalue weighted by molar-refractivity contribution is -0.201. The van der Waals surface area contributed by atoms with Crippen LogP contribution in [-0.4, -0.2) is 66.2 Å². The Morgan fingerprint density at radius 2 is 1.82 bits per heavy atom. The summed E-state index contributed by atoms with van der Waals surface area (Å²) in [6, 6.07) is 5.56. The molecule has 3 heterocycles. The van der Waals surface area contributed by atoms with Gasteiger partial charge in [0.15, 0.2) is 0 Å². The summed E-state index contributed by atoms with van der Waals surface area (Å²) < 4.78 is 11.6. The molecule has 3 aliphatic heterocycles. The van der Waals surface area contributed by atoms with Gasteiger partial charge in [0, 0.05) is 12.1 Å². The van der Waals surface area contributed by atoms with Gasteiger partial charge in [-0.15, -0.1) is 0 Å². The minimum atomic E-state index is -0.621. The van der Waals surface area contributed by atoms with Gasteiger partial charge >= 0.3 is 6.09 Å². The quantitative estimate of drug-likeness (QED) is 0.598. The first-order valence-electron chi connectivity index (χ1n) is 13.9. The maximum Gasteiger partial charge on any atom is 0.410 e. The molecule has 38 heavy (non-hydrogen) atoms. The van der Waals surface area contributed by atoms with Crippen molar-refractivity contribution in [2.24, 2.45) is 5.41 Å². The molecule has 6 fully saturated rings. The fourth-order valence-electron chi connectivity index (χ4n) is 7.71. The molecule has 9 nitrogen and oxygen atoms in total. The topological polar surface area (TPSA) is 105 Å². The Morgan fingerprint density at radius 1 is 1.11 bits per heavy atom. The number of piperidine rings is 1. The Balaban J connectivity index is 1.02. The number of imide groups is 1. The number of hydrogen-bond acceptors (Lipinski definition) is 6. The second-order valence-electron chi connectivity index (χ2n) is 13.6. The Labute approximate surface area is 222 Å². The van der Waals surface area contributed by atoms with Gasteiger partial charge in [0.05, 0.1) is 31.2 Å². The summed E-state index contributed by atoms with van der Waals surface area (Å²) in [5, 5.41) is 2.42. The van der Waals surface area contributed by atoms with Crippen LogP contribution in [0, 0.1) is 5.41 Å². The van der Waals surface area contributed by atoms with Crippen molar-refractivity contribution in [3.05, 3.63) is 29.3 Å². The van der Waals surface area contributed by atoms with Crippen LogP contribution in [0.5, 0.6) is 0 Å². The normalized spacial score (nSPS) is 32.8. The summed E-state index contributed by atoms with van der Waals surface area (Å²) in [5.41, 5.74) is 2.54. The van der Waals surface area contributed by atoms with Crippen molar-refractivity contribution in [1.82, 2.24) is 10.2 Å². The van der Waals surface area contributed by atoms with E-state index in [2.05, 4.69) is 11.4 Å². The number of nitrogens with one attached hydrogen (secondary N) is 1. The molecule has 1 N–H and O–H groups in total. The summed E-state index contributed by atoms with van der Waals surface area (Å²) in [6.45, 7) is 7.45. The molecule has 202 valence electrons. The molecule has 1 atom stereocenters. The first-order valence-corrected chi connectivity index (χ1v) is 13.9. The van der Waals surface area contributed by atoms with Gasteiger partial charge < -0.3 is 14.4 Å². The van der Waals surface area contributed by atoms with Crippen molar-refractivity contribution < 1.29 is 28.7 Å². The maximum atomic E-state index is 13.7. The number of amides is 4. The average Bonchev–Trinajstić information content (AvgIpc) is 3.50. The number of hydrogen-bond donors (Lipinski definition) is 1. The number of carbonyl (C=O) groups excluding carboxylic acids is 4. The second-order valence-corrected chi connectivity index (χ2v) is 13.6. The van der Waals surface area contributed by atoms with Crippen molar-refractivity contribution in [2.75, 3.05) is 24.6 Å². The van der Waals surface area contributed by atoms with E-state index in [0.29, 0.717) is 26.1 Å². The molecule has 4 amide bonds. The van der Waals surface area contributed by atoms with Crippen LogP contribution in [0.25, 0.3) is 0 Å². The molecule has 8 rings (SSSR count). The van der Waals surface area contributed by atoms with E-state index >= 15 is 0 Å². The molecular formula is C29H35N3O6. The highest BCUT2D eigenvalue weighted by atomic mass is 16.6. The molecule has 2 saturated heterocycles. The van der Waals surface area contributed by atoms with Crippen LogP contribution in [0.2, 0.25) is 0 Å². The standard InChI is InChI=1S/C29H35N3O6/c1-26(2,3)38-25(36)31-11-17(12-31)37-16-27-13-28(14-27,15-27)18-5-4-6-19-22(18)29(9-10-29)24(35)32(19)20-7-8-21(33)30-23(20)34/h4-6,17,20H,7-16H2,1-3H3,(H,30,33,34). The summed E-state index contributed by atoms with van der Waals surface area (Å²) in [4.78, 5) is 53.7. The van der Waals surface area contributed by atoms with Gasteiger partial charge in [-0.25, -0.2) is 4.79 Å². The molecule has 4 saturated carbocycles. The van der Waals surface area contributed by atoms with Crippen molar-refractivity contribution in [3.8, 4) is 0 Å². The van der Waals surface area contributed by atoms with Crippen LogP contribution in [-0.2, 0) is 34.7 Å². The minimum absolute atomic E-state index is 0.0265. The van der Waals surface area contributed by atoms with E-state index in [4.69, 9.17) is 9.47 Å². The SMILES string of the molecule is CC(C)(C)OC(=O)N1CC(OCC23CC(c4cccc5c4C4(CC4)C(=O)N5C4CCC(=O)NC4=O)(C2)C3)C1. The predicted molar refractivity (Wildman–Crippen MR) is 137 cm³/mol. The molecule has 1 unspecified atom stereocenters. The number of carbonyl (C=O) groups is 4. The van der Waals surface area contributed by atoms with Crippen LogP contribution >= 0.6 is 0 Å². The third kappa shape index (κ3) is 3.39. The third-order valence-corrected chi connectivity index (χ3v) is 9.52. The van der Waals surface area contributed by atoms with E-state index < -0.39 is 17.1 Å². The first-order chi connectivity index (χ1) is 17.9. The van der Waals surface area contributed by atoms with Crippen molar-refractivity contribution in [1.29, 1.82) is 0 Å². The molecule has 2 bridgehead atoms. The van der Waals surface area contributed by atoms with Crippen LogP contribution < -0.4 is 10.2 Å². The van der Waals surface area contributed by atoms with Gasteiger partial charge in [0.1, 0.15) is 11.6 Å². The zero-order chi connectivity index (χ0) is 26.7. The molecule has 7 aliphatic rings. The average molecular weight is 522 g/mol. The number of benzene rings is 1. The first kappa shape index (κ1) is 24.1. The van der Waals surface area contributed by atoms with E-state index in [1.165, 1.54) is 5.56 Å². The molecule has 4 aliphatic carbocycles. The number of nitrogens with zero attached hydrogens (tertiary/aromatic N) is 2. The van der Waals surface area contributed by atoms with Gasteiger partial charge in [-0.05, 0) is 87.3 Å². The lowest BCUT2D eigenvalue weighted by atomic mass is 9.33. The Hall–Kier alpha value is -2.94. The highest BCUT2D eigenvalue weighted by Gasteiger charge is 2.71. The molecule has 0 aromatic heterocycles. The van der Waals surface area contributed by atoms with Crippen molar-refractivity contribution >= 4 is 29.5 Å². The molecule has 1 aromatic carbocycles. The number of rotatable bonds is 5. The number of fused-ring (bicyclic) bond motifs is 2. The highest BCUT2D eigenvalue weighted by molar-refractivity contribution is 6.15. The zero-order valence-corrected chi connectivity index (χ0v) is 22.3. The Kier molecular flexibility index (Phi) is 4.81. The van der Waals surface area contributed by atoms with E-state index in [1.807, 2.05) is 32.9 Å². The fourth-order valence-corrected chi connectivity index (χ4v) is 7.71. The van der Waals surface area contributed by atoms with Gasteiger partial charge in [-0.1, -0.05) is 12.1 Å². The van der Waals surface area contributed by atoms with Crippen LogP contribution in [0.4, 0.5) is 10.5 Å². The van der Waals surface area contributed by atoms with Crippen LogP contribution in [0.15, 0.2) is 18.2 Å². The molecule has 1 aromatic rings. The van der Waals surface area contributed by atoms with E-state index in [0.717, 1.165) is 43.4 Å². The third-order valence-electron chi connectivity index (χ3n) is 9.52. The van der Waals surface area contributed by atoms with E-state index in [-0.39, 0.29) is 47.2 Å². The molecular weight excluding hydrogens is 486 g/mol. The zero-order valence-electron chi connectivity index (χ0n) is 22.3. The molecule has 0 radical (unpaired) electrons. The predicted octanol–water partition coefficient (Wildman–Crippen LogP) is 2.93. The number of likely N-dealkylation sites (tertiary alicyclic amines) is 1. The molecule has 1 spiro atoms. The van der Waals surface area contributed by atoms with E-state index in [1.54, 1.807) is 9.80 Å². The largest absolute Gasteiger partial charge is 0.444 e. The monoisotopic (exact) mass is 521 g/mol. The number of ether oxygens (including phenoxy) is 2. The summed E-state index contributed by atoms with van der Waals surface area (Å²) >= 11 is 0. The maximum absolute atomic E-state index is 13.7. The lowest BCUT2D eigenvalue weighted by Gasteiger charge is -2.71. The van der Waals surface area contributed by atoms with Crippen molar-refractivity contribution in [2.45, 2.75) is 94.3 Å². The summed E-state index contributed by atoms with van der Waals surface area (Å²) in [7, 11) is 0. The smallest absolute Gasteiger partial charge is 0.410 e.